The van der Waals surface area contributed by atoms with Crippen molar-refractivity contribution in [3.63, 3.8) is 0 Å². The summed E-state index contributed by atoms with van der Waals surface area (Å²) in [6.07, 6.45) is -1.09. The molecule has 10 heteroatoms. The molecule has 2 saturated heterocycles. The fourth-order valence-electron chi connectivity index (χ4n) is 6.76. The zero-order chi connectivity index (χ0) is 27.2. The maximum absolute atomic E-state index is 14.2. The number of nitrogens with zero attached hydrogens (tertiary/aromatic N) is 5. The van der Waals surface area contributed by atoms with Crippen molar-refractivity contribution < 1.29 is 22.7 Å². The third kappa shape index (κ3) is 4.07. The minimum atomic E-state index is -4.54. The maximum Gasteiger partial charge on any atom is 0.416 e. The summed E-state index contributed by atoms with van der Waals surface area (Å²) in [6.45, 7) is 5.35. The number of benzene rings is 2. The Balaban J connectivity index is 1.19. The molecule has 3 aliphatic heterocycles. The highest BCUT2D eigenvalue weighted by Gasteiger charge is 2.56. The molecule has 4 aliphatic rings. The molecule has 0 radical (unpaired) electrons. The number of alkyl halides is 3. The number of rotatable bonds is 6. The first-order valence-corrected chi connectivity index (χ1v) is 13.3. The molecule has 7 nitrogen and oxygen atoms in total. The summed E-state index contributed by atoms with van der Waals surface area (Å²) in [5, 5.41) is 8.19. The summed E-state index contributed by atoms with van der Waals surface area (Å²) < 4.78 is 50.2. The fourth-order valence-corrected chi connectivity index (χ4v) is 6.76. The molecular weight excluding hydrogens is 507 g/mol. The van der Waals surface area contributed by atoms with Crippen molar-refractivity contribution in [1.82, 2.24) is 19.7 Å². The molecule has 2 aromatic carbocycles. The lowest BCUT2D eigenvalue weighted by Crippen LogP contribution is -2.49. The Morgan fingerprint density at radius 2 is 2.00 bits per heavy atom. The number of ether oxygens (including phenoxy) is 1. The standard InChI is InChI=1S/C29H30F3N5O2/c1-27-9-20(27)12-36(14-27)11-18-6-22-23(24(7-18)29(30,31)32)13-37(26(22)38)21-5-3-4-19(8-21)28(15-39-16-28)10-25-34-33-17-35(25)2/h3-8,17,20H,9-16H2,1-2H3. The van der Waals surface area contributed by atoms with Crippen molar-refractivity contribution in [1.29, 1.82) is 0 Å². The van der Waals surface area contributed by atoms with Crippen LogP contribution in [0.5, 0.6) is 0 Å². The number of aromatic nitrogens is 3. The summed E-state index contributed by atoms with van der Waals surface area (Å²) in [5.41, 5.74) is 1.57. The number of likely N-dealkylation sites (tertiary alicyclic amines) is 1. The van der Waals surface area contributed by atoms with Crippen LogP contribution >= 0.6 is 0 Å². The smallest absolute Gasteiger partial charge is 0.379 e. The number of piperidine rings is 1. The zero-order valence-corrected chi connectivity index (χ0v) is 22.0. The van der Waals surface area contributed by atoms with Gasteiger partial charge in [-0.25, -0.2) is 0 Å². The van der Waals surface area contributed by atoms with E-state index < -0.39 is 17.6 Å². The summed E-state index contributed by atoms with van der Waals surface area (Å²) in [5.74, 6) is 1.06. The number of halogens is 3. The fraction of sp³-hybridized carbons (Fsp3) is 0.483. The molecule has 3 fully saturated rings. The summed E-state index contributed by atoms with van der Waals surface area (Å²) in [7, 11) is 1.89. The van der Waals surface area contributed by atoms with Gasteiger partial charge in [0.25, 0.3) is 5.91 Å². The lowest BCUT2D eigenvalue weighted by molar-refractivity contribution is -0.138. The number of anilines is 1. The lowest BCUT2D eigenvalue weighted by Gasteiger charge is -2.42. The van der Waals surface area contributed by atoms with Crippen molar-refractivity contribution in [2.24, 2.45) is 18.4 Å². The van der Waals surface area contributed by atoms with Gasteiger partial charge in [0, 0.05) is 49.8 Å². The van der Waals surface area contributed by atoms with Crippen LogP contribution < -0.4 is 4.90 Å². The molecule has 0 N–H and O–H groups in total. The maximum atomic E-state index is 14.2. The van der Waals surface area contributed by atoms with Crippen LogP contribution in [0.3, 0.4) is 0 Å². The first kappa shape index (κ1) is 24.8. The van der Waals surface area contributed by atoms with Gasteiger partial charge in [0.05, 0.1) is 25.3 Å². The van der Waals surface area contributed by atoms with Gasteiger partial charge in [0.2, 0.25) is 0 Å². The van der Waals surface area contributed by atoms with Gasteiger partial charge >= 0.3 is 6.18 Å². The Kier molecular flexibility index (Phi) is 5.32. The number of hydrogen-bond donors (Lipinski definition) is 0. The Morgan fingerprint density at radius 3 is 2.64 bits per heavy atom. The average Bonchev–Trinajstić information content (AvgIpc) is 3.15. The highest BCUT2D eigenvalue weighted by molar-refractivity contribution is 6.10. The molecule has 2 unspecified atom stereocenters. The number of carbonyl (C=O) groups is 1. The Bertz CT molecular complexity index is 1480. The lowest BCUT2D eigenvalue weighted by atomic mass is 9.75. The Morgan fingerprint density at radius 1 is 1.18 bits per heavy atom. The molecule has 3 aromatic rings. The molecule has 1 aliphatic carbocycles. The number of amides is 1. The Labute approximate surface area is 224 Å². The van der Waals surface area contributed by atoms with E-state index in [2.05, 4.69) is 22.0 Å². The monoisotopic (exact) mass is 537 g/mol. The van der Waals surface area contributed by atoms with Crippen LogP contribution in [0, 0.1) is 11.3 Å². The van der Waals surface area contributed by atoms with Gasteiger partial charge in [0.1, 0.15) is 12.2 Å². The predicted molar refractivity (Wildman–Crippen MR) is 137 cm³/mol. The predicted octanol–water partition coefficient (Wildman–Crippen LogP) is 4.35. The van der Waals surface area contributed by atoms with Gasteiger partial charge in [0.15, 0.2) is 0 Å². The van der Waals surface area contributed by atoms with E-state index in [1.54, 1.807) is 18.5 Å². The number of hydrogen-bond acceptors (Lipinski definition) is 5. The molecule has 204 valence electrons. The van der Waals surface area contributed by atoms with Crippen LogP contribution in [0.25, 0.3) is 0 Å². The minimum Gasteiger partial charge on any atom is -0.379 e. The normalized spacial score (nSPS) is 25.5. The SMILES string of the molecule is Cn1cnnc1CC1(c2cccc(N3Cc4c(cc(CN5CC6CC6(C)C5)cc4C(F)(F)F)C3=O)c2)COC1. The molecule has 1 saturated carbocycles. The molecule has 0 bridgehead atoms. The molecular formula is C29H30F3N5O2. The highest BCUT2D eigenvalue weighted by atomic mass is 19.4. The second-order valence-electron chi connectivity index (χ2n) is 12.1. The number of carbonyl (C=O) groups excluding carboxylic acids is 1. The average molecular weight is 538 g/mol. The van der Waals surface area contributed by atoms with E-state index in [0.717, 1.165) is 24.5 Å². The van der Waals surface area contributed by atoms with Crippen molar-refractivity contribution in [2.45, 2.75) is 44.4 Å². The largest absolute Gasteiger partial charge is 0.416 e. The molecule has 7 rings (SSSR count). The summed E-state index contributed by atoms with van der Waals surface area (Å²) >= 11 is 0. The van der Waals surface area contributed by atoms with Crippen molar-refractivity contribution in [3.8, 4) is 0 Å². The summed E-state index contributed by atoms with van der Waals surface area (Å²) in [4.78, 5) is 17.3. The first-order chi connectivity index (χ1) is 18.5. The molecule has 2 atom stereocenters. The second kappa shape index (κ2) is 8.38. The van der Waals surface area contributed by atoms with Crippen molar-refractivity contribution in [3.05, 3.63) is 76.4 Å². The van der Waals surface area contributed by atoms with Gasteiger partial charge < -0.3 is 14.2 Å². The van der Waals surface area contributed by atoms with Crippen LogP contribution in [0.15, 0.2) is 42.7 Å². The van der Waals surface area contributed by atoms with E-state index in [1.165, 1.54) is 17.4 Å². The molecule has 1 amide bonds. The number of fused-ring (bicyclic) bond motifs is 2. The van der Waals surface area contributed by atoms with Gasteiger partial charge in [-0.2, -0.15) is 13.2 Å². The van der Waals surface area contributed by atoms with Gasteiger partial charge in [-0.15, -0.1) is 10.2 Å². The van der Waals surface area contributed by atoms with E-state index in [-0.39, 0.29) is 23.1 Å². The molecule has 0 spiro atoms. The van der Waals surface area contributed by atoms with E-state index in [4.69, 9.17) is 4.74 Å². The van der Waals surface area contributed by atoms with E-state index in [1.807, 2.05) is 29.8 Å². The first-order valence-electron chi connectivity index (χ1n) is 13.3. The van der Waals surface area contributed by atoms with Crippen LogP contribution in [0.4, 0.5) is 18.9 Å². The van der Waals surface area contributed by atoms with Gasteiger partial charge in [-0.3, -0.25) is 9.69 Å². The zero-order valence-electron chi connectivity index (χ0n) is 22.0. The van der Waals surface area contributed by atoms with Crippen LogP contribution in [0.1, 0.15) is 51.8 Å². The van der Waals surface area contributed by atoms with Crippen molar-refractivity contribution in [2.75, 3.05) is 31.2 Å². The quantitative estimate of drug-likeness (QED) is 0.468. The molecule has 39 heavy (non-hydrogen) atoms. The third-order valence-corrected chi connectivity index (χ3v) is 9.24. The van der Waals surface area contributed by atoms with E-state index >= 15 is 0 Å². The van der Waals surface area contributed by atoms with E-state index in [9.17, 15) is 18.0 Å². The molecule has 4 heterocycles. The summed E-state index contributed by atoms with van der Waals surface area (Å²) in [6, 6.07) is 10.5. The molecule has 1 aromatic heterocycles. The van der Waals surface area contributed by atoms with E-state index in [0.29, 0.717) is 48.8 Å². The number of aryl methyl sites for hydroxylation is 1. The van der Waals surface area contributed by atoms with Crippen LogP contribution in [-0.4, -0.2) is 51.9 Å². The second-order valence-corrected chi connectivity index (χ2v) is 12.1. The Hall–Kier alpha value is -3.24. The minimum absolute atomic E-state index is 0.0543. The van der Waals surface area contributed by atoms with Crippen molar-refractivity contribution >= 4 is 11.6 Å². The third-order valence-electron chi connectivity index (χ3n) is 9.24. The topological polar surface area (TPSA) is 63.5 Å². The highest BCUT2D eigenvalue weighted by Crippen LogP contribution is 2.57. The van der Waals surface area contributed by atoms with Crippen LogP contribution in [0.2, 0.25) is 0 Å². The van der Waals surface area contributed by atoms with Gasteiger partial charge in [-0.05, 0) is 58.7 Å². The van der Waals surface area contributed by atoms with Crippen LogP contribution in [-0.2, 0) is 42.9 Å². The van der Waals surface area contributed by atoms with Gasteiger partial charge in [-0.1, -0.05) is 19.1 Å².